The molecule has 2 N–H and O–H groups in total. The average Bonchev–Trinajstić information content (AvgIpc) is 2.19. The quantitative estimate of drug-likeness (QED) is 0.556. The van der Waals surface area contributed by atoms with Gasteiger partial charge >= 0.3 is 0 Å². The molecule has 1 aromatic carbocycles. The van der Waals surface area contributed by atoms with E-state index in [4.69, 9.17) is 10.5 Å². The Morgan fingerprint density at radius 1 is 1.25 bits per heavy atom. The predicted molar refractivity (Wildman–Crippen MR) is 54.1 cm³/mol. The Labute approximate surface area is 77.1 Å². The van der Waals surface area contributed by atoms with Crippen LogP contribution in [0.4, 0.5) is 0 Å². The summed E-state index contributed by atoms with van der Waals surface area (Å²) < 4.78 is 0. The number of rotatable bonds is 3. The number of hydrogen-bond donors (Lipinski definition) is 2. The van der Waals surface area contributed by atoms with Crippen LogP contribution in [0, 0.1) is 5.41 Å². The fraction of sp³-hybridized carbons (Fsp3) is 0.222. The Bertz CT molecular complexity index is 191. The topological polar surface area (TPSA) is 44.1 Å². The molecule has 0 aliphatic heterocycles. The van der Waals surface area contributed by atoms with Gasteiger partial charge in [0.05, 0.1) is 6.61 Å². The van der Waals surface area contributed by atoms with E-state index in [2.05, 4.69) is 6.72 Å². The van der Waals surface area contributed by atoms with E-state index in [9.17, 15) is 0 Å². The molecule has 0 aromatic heterocycles. The molecule has 0 unspecified atom stereocenters. The van der Waals surface area contributed by atoms with Gasteiger partial charge in [0.15, 0.2) is 0 Å². The van der Waals surface area contributed by atoms with Crippen molar-refractivity contribution < 1.29 is 5.11 Å². The molecule has 12 heavy (non-hydrogen) atoms. The highest BCUT2D eigenvalue weighted by Gasteiger charge is 1.88. The summed E-state index contributed by atoms with van der Waals surface area (Å²) >= 11 is 1.67. The zero-order valence-corrected chi connectivity index (χ0v) is 7.68. The van der Waals surface area contributed by atoms with E-state index in [0.717, 1.165) is 5.75 Å². The molecule has 66 valence electrons. The van der Waals surface area contributed by atoms with Crippen molar-refractivity contribution in [2.45, 2.75) is 4.90 Å². The monoisotopic (exact) mass is 183 g/mol. The van der Waals surface area contributed by atoms with Crippen LogP contribution in [0.25, 0.3) is 0 Å². The van der Waals surface area contributed by atoms with E-state index < -0.39 is 0 Å². The number of benzene rings is 1. The van der Waals surface area contributed by atoms with Gasteiger partial charge in [-0.05, 0) is 18.9 Å². The number of thioether (sulfide) groups is 1. The lowest BCUT2D eigenvalue weighted by atomic mass is 10.4. The molecule has 0 bridgehead atoms. The number of aliphatic hydroxyl groups is 1. The van der Waals surface area contributed by atoms with Crippen LogP contribution in [0.15, 0.2) is 35.2 Å². The normalized spacial score (nSPS) is 8.42. The summed E-state index contributed by atoms with van der Waals surface area (Å²) in [5, 5.41) is 14.0. The van der Waals surface area contributed by atoms with Gasteiger partial charge in [0.25, 0.3) is 0 Å². The second kappa shape index (κ2) is 8.30. The highest BCUT2D eigenvalue weighted by Crippen LogP contribution is 2.15. The van der Waals surface area contributed by atoms with E-state index in [1.807, 2.05) is 30.3 Å². The van der Waals surface area contributed by atoms with Gasteiger partial charge in [-0.1, -0.05) is 18.2 Å². The van der Waals surface area contributed by atoms with Crippen LogP contribution >= 0.6 is 11.8 Å². The molecule has 0 fully saturated rings. The van der Waals surface area contributed by atoms with E-state index in [-0.39, 0.29) is 6.61 Å². The lowest BCUT2D eigenvalue weighted by molar-refractivity contribution is 0.322. The van der Waals surface area contributed by atoms with Crippen LogP contribution in [0.1, 0.15) is 0 Å². The SMILES string of the molecule is C=N.OCCSc1ccccc1. The third kappa shape index (κ3) is 4.93. The smallest absolute Gasteiger partial charge is 0.0525 e. The van der Waals surface area contributed by atoms with Crippen molar-refractivity contribution >= 4 is 18.5 Å². The van der Waals surface area contributed by atoms with Crippen LogP contribution in [-0.4, -0.2) is 24.2 Å². The van der Waals surface area contributed by atoms with Crippen molar-refractivity contribution in [2.24, 2.45) is 0 Å². The Hall–Kier alpha value is -0.800. The highest BCUT2D eigenvalue weighted by atomic mass is 32.2. The van der Waals surface area contributed by atoms with Gasteiger partial charge in [-0.2, -0.15) is 0 Å². The van der Waals surface area contributed by atoms with Crippen LogP contribution in [-0.2, 0) is 0 Å². The minimum absolute atomic E-state index is 0.250. The van der Waals surface area contributed by atoms with E-state index in [1.165, 1.54) is 4.90 Å². The summed E-state index contributed by atoms with van der Waals surface area (Å²) in [5.74, 6) is 0.782. The Kier molecular flexibility index (Phi) is 7.74. The lowest BCUT2D eigenvalue weighted by Gasteiger charge is -1.95. The maximum atomic E-state index is 8.51. The molecule has 0 aliphatic carbocycles. The molecule has 2 nitrogen and oxygen atoms in total. The van der Waals surface area contributed by atoms with Gasteiger partial charge in [0.1, 0.15) is 0 Å². The second-order valence-corrected chi connectivity index (χ2v) is 3.05. The van der Waals surface area contributed by atoms with Crippen molar-refractivity contribution in [1.82, 2.24) is 0 Å². The fourth-order valence-corrected chi connectivity index (χ4v) is 1.36. The van der Waals surface area contributed by atoms with Crippen molar-refractivity contribution in [3.63, 3.8) is 0 Å². The van der Waals surface area contributed by atoms with Crippen LogP contribution in [0.5, 0.6) is 0 Å². The summed E-state index contributed by atoms with van der Waals surface area (Å²) in [4.78, 5) is 1.22. The van der Waals surface area contributed by atoms with Crippen LogP contribution in [0.3, 0.4) is 0 Å². The standard InChI is InChI=1S/C8H10OS.CH3N/c9-6-7-10-8-4-2-1-3-5-8;1-2/h1-5,9H,6-7H2;2H,1H2. The molecule has 0 radical (unpaired) electrons. The van der Waals surface area contributed by atoms with Crippen LogP contribution in [0.2, 0.25) is 0 Å². The predicted octanol–water partition coefficient (Wildman–Crippen LogP) is 2.04. The van der Waals surface area contributed by atoms with Crippen molar-refractivity contribution in [3.8, 4) is 0 Å². The molecule has 0 heterocycles. The maximum Gasteiger partial charge on any atom is 0.0525 e. The summed E-state index contributed by atoms with van der Waals surface area (Å²) in [6.07, 6.45) is 0. The van der Waals surface area contributed by atoms with E-state index in [1.54, 1.807) is 11.8 Å². The number of nitrogens with one attached hydrogen (secondary N) is 1. The van der Waals surface area contributed by atoms with Gasteiger partial charge in [0.2, 0.25) is 0 Å². The van der Waals surface area contributed by atoms with Crippen LogP contribution < -0.4 is 0 Å². The van der Waals surface area contributed by atoms with Crippen molar-refractivity contribution in [3.05, 3.63) is 30.3 Å². The first-order valence-electron chi connectivity index (χ1n) is 3.57. The Morgan fingerprint density at radius 2 is 1.83 bits per heavy atom. The number of aliphatic hydroxyl groups excluding tert-OH is 1. The largest absolute Gasteiger partial charge is 0.396 e. The molecule has 0 saturated heterocycles. The zero-order valence-electron chi connectivity index (χ0n) is 6.86. The van der Waals surface area contributed by atoms with Gasteiger partial charge < -0.3 is 10.5 Å². The van der Waals surface area contributed by atoms with Gasteiger partial charge in [-0.15, -0.1) is 11.8 Å². The summed E-state index contributed by atoms with van der Waals surface area (Å²) in [6.45, 7) is 2.75. The summed E-state index contributed by atoms with van der Waals surface area (Å²) in [6, 6.07) is 10.1. The number of hydrogen-bond acceptors (Lipinski definition) is 3. The van der Waals surface area contributed by atoms with Gasteiger partial charge in [-0.3, -0.25) is 0 Å². The van der Waals surface area contributed by atoms with E-state index >= 15 is 0 Å². The maximum absolute atomic E-state index is 8.51. The molecule has 0 aliphatic rings. The fourth-order valence-electron chi connectivity index (χ4n) is 0.680. The first-order valence-corrected chi connectivity index (χ1v) is 4.56. The Morgan fingerprint density at radius 3 is 2.33 bits per heavy atom. The minimum Gasteiger partial charge on any atom is -0.396 e. The zero-order chi connectivity index (χ0) is 9.23. The first-order chi connectivity index (χ1) is 5.93. The molecule has 3 heteroatoms. The lowest BCUT2D eigenvalue weighted by Crippen LogP contribution is -1.84. The molecular formula is C9H13NOS. The molecule has 1 aromatic rings. The van der Waals surface area contributed by atoms with Crippen molar-refractivity contribution in [2.75, 3.05) is 12.4 Å². The molecule has 1 rings (SSSR count). The average molecular weight is 183 g/mol. The molecule has 0 amide bonds. The van der Waals surface area contributed by atoms with E-state index in [0.29, 0.717) is 0 Å². The molecule has 0 atom stereocenters. The molecule has 0 spiro atoms. The molecule has 0 saturated carbocycles. The first kappa shape index (κ1) is 11.2. The molecular weight excluding hydrogens is 170 g/mol. The highest BCUT2D eigenvalue weighted by molar-refractivity contribution is 7.99. The van der Waals surface area contributed by atoms with Gasteiger partial charge in [0, 0.05) is 10.6 Å². The third-order valence-electron chi connectivity index (χ3n) is 1.10. The summed E-state index contributed by atoms with van der Waals surface area (Å²) in [7, 11) is 0. The Balaban J connectivity index is 0.000000561. The van der Waals surface area contributed by atoms with Gasteiger partial charge in [-0.25, -0.2) is 0 Å². The minimum atomic E-state index is 0.250. The van der Waals surface area contributed by atoms with Crippen molar-refractivity contribution in [1.29, 1.82) is 5.41 Å². The second-order valence-electron chi connectivity index (χ2n) is 1.89. The third-order valence-corrected chi connectivity index (χ3v) is 2.10. The summed E-state index contributed by atoms with van der Waals surface area (Å²) in [5.41, 5.74) is 0.